The number of esters is 2. The molecule has 0 saturated carbocycles. The first kappa shape index (κ1) is 51.2. The zero-order valence-electron chi connectivity index (χ0n) is 38.4. The molecule has 0 spiro atoms. The van der Waals surface area contributed by atoms with Crippen LogP contribution in [0.4, 0.5) is 0 Å². The highest BCUT2D eigenvalue weighted by Gasteiger charge is 2.53. The topological polar surface area (TPSA) is 133 Å². The van der Waals surface area contributed by atoms with E-state index in [1.165, 1.54) is 0 Å². The highest BCUT2D eigenvalue weighted by molar-refractivity contribution is 5.72. The predicted octanol–water partition coefficient (Wildman–Crippen LogP) is 7.70. The summed E-state index contributed by atoms with van der Waals surface area (Å²) in [7, 11) is 0. The molecule has 3 heterocycles. The van der Waals surface area contributed by atoms with Gasteiger partial charge in [0.25, 0.3) is 0 Å². The van der Waals surface area contributed by atoms with Gasteiger partial charge in [-0.1, -0.05) is 52.0 Å². The largest absolute Gasteiger partial charge is 0.457 e. The van der Waals surface area contributed by atoms with Crippen LogP contribution in [0.25, 0.3) is 0 Å². The molecule has 13 nitrogen and oxygen atoms in total. The van der Waals surface area contributed by atoms with Crippen molar-refractivity contribution in [3.05, 3.63) is 36.0 Å². The lowest BCUT2D eigenvalue weighted by atomic mass is 9.79. The number of epoxide rings is 1. The van der Waals surface area contributed by atoms with Crippen molar-refractivity contribution in [2.24, 2.45) is 11.3 Å². The van der Waals surface area contributed by atoms with Gasteiger partial charge >= 0.3 is 11.9 Å². The van der Waals surface area contributed by atoms with Crippen molar-refractivity contribution in [2.45, 2.75) is 183 Å². The maximum Gasteiger partial charge on any atom is 0.320 e. The molecular formula is C46H79NO12. The van der Waals surface area contributed by atoms with Crippen molar-refractivity contribution < 1.29 is 57.0 Å². The molecule has 0 bridgehead atoms. The van der Waals surface area contributed by atoms with E-state index in [1.807, 2.05) is 84.6 Å². The van der Waals surface area contributed by atoms with Gasteiger partial charge in [-0.2, -0.15) is 0 Å². The molecule has 0 aliphatic carbocycles. The molecule has 2 saturated heterocycles. The van der Waals surface area contributed by atoms with E-state index in [-0.39, 0.29) is 60.8 Å². The zero-order valence-corrected chi connectivity index (χ0v) is 38.4. The second kappa shape index (κ2) is 25.7. The van der Waals surface area contributed by atoms with Crippen LogP contribution in [0.15, 0.2) is 36.0 Å². The van der Waals surface area contributed by atoms with Gasteiger partial charge in [0.1, 0.15) is 17.8 Å². The minimum atomic E-state index is -1.02. The van der Waals surface area contributed by atoms with Crippen LogP contribution in [-0.4, -0.2) is 131 Å². The smallest absolute Gasteiger partial charge is 0.320 e. The number of rotatable bonds is 23. The Morgan fingerprint density at radius 3 is 2.32 bits per heavy atom. The Labute approximate surface area is 355 Å². The van der Waals surface area contributed by atoms with Gasteiger partial charge in [-0.15, -0.1) is 0 Å². The lowest BCUT2D eigenvalue weighted by Crippen LogP contribution is -2.48. The summed E-state index contributed by atoms with van der Waals surface area (Å²) in [5.41, 5.74) is -0.302. The van der Waals surface area contributed by atoms with Gasteiger partial charge in [-0.25, -0.2) is 0 Å². The van der Waals surface area contributed by atoms with Crippen molar-refractivity contribution in [1.82, 2.24) is 4.90 Å². The van der Waals surface area contributed by atoms with Crippen LogP contribution in [-0.2, 0) is 57.0 Å². The number of carbonyl (C=O) groups is 2. The third-order valence-corrected chi connectivity index (χ3v) is 11.4. The van der Waals surface area contributed by atoms with Crippen molar-refractivity contribution in [3.8, 4) is 0 Å². The minimum absolute atomic E-state index is 0.0176. The van der Waals surface area contributed by atoms with Crippen LogP contribution >= 0.6 is 0 Å². The Balaban J connectivity index is 1.82. The van der Waals surface area contributed by atoms with Gasteiger partial charge in [-0.3, -0.25) is 14.5 Å². The summed E-state index contributed by atoms with van der Waals surface area (Å²) in [6.07, 6.45) is 9.94. The summed E-state index contributed by atoms with van der Waals surface area (Å²) in [6.45, 7) is 28.2. The average Bonchev–Trinajstić information content (AvgIpc) is 3.95. The van der Waals surface area contributed by atoms with Crippen LogP contribution in [0, 0.1) is 11.3 Å². The summed E-state index contributed by atoms with van der Waals surface area (Å²) < 4.78 is 60.4. The molecule has 11 atom stereocenters. The number of ether oxygens (including phenoxy) is 10. The maximum absolute atomic E-state index is 13.6. The number of hydrogen-bond acceptors (Lipinski definition) is 13. The fraction of sp³-hybridized carbons (Fsp3) is 0.826. The van der Waals surface area contributed by atoms with E-state index in [0.717, 1.165) is 18.4 Å². The van der Waals surface area contributed by atoms with Crippen LogP contribution in [0.3, 0.4) is 0 Å². The fourth-order valence-electron chi connectivity index (χ4n) is 8.07. The highest BCUT2D eigenvalue weighted by Crippen LogP contribution is 2.45. The monoisotopic (exact) mass is 838 g/mol. The van der Waals surface area contributed by atoms with Crippen LogP contribution < -0.4 is 0 Å². The summed E-state index contributed by atoms with van der Waals surface area (Å²) in [4.78, 5) is 29.1. The normalized spacial score (nSPS) is 29.2. The fourth-order valence-corrected chi connectivity index (χ4v) is 8.07. The van der Waals surface area contributed by atoms with E-state index in [9.17, 15) is 9.59 Å². The predicted molar refractivity (Wildman–Crippen MR) is 227 cm³/mol. The molecule has 59 heavy (non-hydrogen) atoms. The molecule has 3 rings (SSSR count). The van der Waals surface area contributed by atoms with E-state index in [2.05, 4.69) is 33.8 Å². The Hall–Kier alpha value is -2.20. The van der Waals surface area contributed by atoms with Crippen LogP contribution in [0.5, 0.6) is 0 Å². The molecule has 0 aromatic heterocycles. The van der Waals surface area contributed by atoms with Crippen LogP contribution in [0.2, 0.25) is 0 Å². The summed E-state index contributed by atoms with van der Waals surface area (Å²) in [6, 6.07) is 0. The Morgan fingerprint density at radius 2 is 1.66 bits per heavy atom. The van der Waals surface area contributed by atoms with E-state index < -0.39 is 36.5 Å². The van der Waals surface area contributed by atoms with E-state index in [1.54, 1.807) is 0 Å². The second-order valence-electron chi connectivity index (χ2n) is 16.9. The number of allylic oxidation sites excluding steroid dienone is 3. The highest BCUT2D eigenvalue weighted by atomic mass is 16.7. The molecule has 0 N–H and O–H groups in total. The van der Waals surface area contributed by atoms with Crippen molar-refractivity contribution in [3.63, 3.8) is 0 Å². The molecule has 340 valence electrons. The maximum atomic E-state index is 13.6. The lowest BCUT2D eigenvalue weighted by molar-refractivity contribution is -0.230. The van der Waals surface area contributed by atoms with Crippen LogP contribution in [0.1, 0.15) is 122 Å². The first-order valence-corrected chi connectivity index (χ1v) is 22.2. The van der Waals surface area contributed by atoms with Gasteiger partial charge in [0.2, 0.25) is 0 Å². The van der Waals surface area contributed by atoms with E-state index in [0.29, 0.717) is 65.4 Å². The summed E-state index contributed by atoms with van der Waals surface area (Å²) in [5.74, 6) is -0.474. The van der Waals surface area contributed by atoms with Crippen molar-refractivity contribution >= 4 is 11.9 Å². The number of carbonyl (C=O) groups excluding carboxylic acids is 2. The molecule has 13 heteroatoms. The van der Waals surface area contributed by atoms with Gasteiger partial charge in [0.15, 0.2) is 18.9 Å². The molecular weight excluding hydrogens is 759 g/mol. The van der Waals surface area contributed by atoms with Crippen molar-refractivity contribution in [1.29, 1.82) is 0 Å². The minimum Gasteiger partial charge on any atom is -0.457 e. The molecule has 3 aliphatic heterocycles. The average molecular weight is 838 g/mol. The van der Waals surface area contributed by atoms with Gasteiger partial charge < -0.3 is 47.4 Å². The quantitative estimate of drug-likeness (QED) is 0.0328. The molecule has 0 aromatic carbocycles. The van der Waals surface area contributed by atoms with E-state index >= 15 is 0 Å². The molecule has 0 amide bonds. The van der Waals surface area contributed by atoms with Crippen molar-refractivity contribution in [2.75, 3.05) is 52.7 Å². The number of hydrogen-bond donors (Lipinski definition) is 0. The SMILES string of the molecule is CCOC(C)OC1CCC(C)(OC(C)OCC)C(OC(=O)CN2CCOCC2)C=CCC(C(C)=CC=CC(C)CC2OC2C(C)(C)C(CC)OC(C)OCC)OC(=O)C1. The number of cyclic esters (lactones) is 1. The van der Waals surface area contributed by atoms with Gasteiger partial charge in [0.05, 0.1) is 50.6 Å². The molecule has 3 aliphatic rings. The Bertz CT molecular complexity index is 1330. The molecule has 0 radical (unpaired) electrons. The molecule has 0 aromatic rings. The molecule has 2 fully saturated rings. The first-order valence-electron chi connectivity index (χ1n) is 22.2. The first-order chi connectivity index (χ1) is 28.0. The summed E-state index contributed by atoms with van der Waals surface area (Å²) >= 11 is 0. The zero-order chi connectivity index (χ0) is 43.6. The van der Waals surface area contributed by atoms with Gasteiger partial charge in [0, 0.05) is 44.7 Å². The third-order valence-electron chi connectivity index (χ3n) is 11.4. The third kappa shape index (κ3) is 17.6. The second-order valence-corrected chi connectivity index (χ2v) is 16.9. The lowest BCUT2D eigenvalue weighted by Gasteiger charge is -2.39. The Kier molecular flexibility index (Phi) is 22.3. The van der Waals surface area contributed by atoms with E-state index in [4.69, 9.17) is 47.4 Å². The molecule has 11 unspecified atom stereocenters. The number of morpholine rings is 1. The Morgan fingerprint density at radius 1 is 1.00 bits per heavy atom. The summed E-state index contributed by atoms with van der Waals surface area (Å²) in [5, 5.41) is 0. The number of nitrogens with zero attached hydrogens (tertiary/aromatic N) is 1. The standard InChI is InChI=1S/C46H79NO12/c1-13-40(55-35(8)52-15-3)45(10,11)44-39(57-44)29-32(5)19-17-20-33(6)38-21-18-22-41(58-43(49)31-47-25-27-50-28-26-47)46(12,59-36(9)53-16-4)24-23-37(30-42(48)56-38)54-34(7)51-14-2/h17-20,22,32,34-41,44H,13-16,21,23-31H2,1-12H3. The van der Waals surface area contributed by atoms with Gasteiger partial charge in [-0.05, 0) is 98.6 Å².